The molecule has 4 nitrogen and oxygen atoms in total. The van der Waals surface area contributed by atoms with E-state index in [9.17, 15) is 23.4 Å². The molecule has 0 radical (unpaired) electrons. The first kappa shape index (κ1) is 22.7. The van der Waals surface area contributed by atoms with Gasteiger partial charge in [-0.25, -0.2) is 0 Å². The van der Waals surface area contributed by atoms with Crippen molar-refractivity contribution in [3.8, 4) is 5.75 Å². The molecule has 0 aliphatic rings. The topological polar surface area (TPSA) is 75.7 Å². The van der Waals surface area contributed by atoms with Crippen LogP contribution in [0, 0.1) is 6.92 Å². The summed E-state index contributed by atoms with van der Waals surface area (Å²) in [5.41, 5.74) is 5.32. The number of aryl methyl sites for hydroxylation is 3. The Morgan fingerprint density at radius 3 is 2.36 bits per heavy atom. The molecule has 28 heavy (non-hydrogen) atoms. The molecular formula is C20H26F3NO3S. The van der Waals surface area contributed by atoms with Gasteiger partial charge >= 0.3 is 6.18 Å². The third kappa shape index (κ3) is 6.48. The Morgan fingerprint density at radius 2 is 1.79 bits per heavy atom. The number of nitrogens with two attached hydrogens (primary N) is 1. The van der Waals surface area contributed by atoms with Crippen molar-refractivity contribution in [1.29, 1.82) is 0 Å². The zero-order valence-corrected chi connectivity index (χ0v) is 16.6. The van der Waals surface area contributed by atoms with Crippen LogP contribution in [-0.4, -0.2) is 35.6 Å². The fraction of sp³-hybridized carbons (Fsp3) is 0.500. The summed E-state index contributed by atoms with van der Waals surface area (Å²) in [4.78, 5) is 1.20. The minimum atomic E-state index is -4.54. The molecular weight excluding hydrogens is 391 g/mol. The van der Waals surface area contributed by atoms with Crippen molar-refractivity contribution in [3.05, 3.63) is 51.2 Å². The third-order valence-electron chi connectivity index (χ3n) is 4.54. The van der Waals surface area contributed by atoms with Gasteiger partial charge in [-0.3, -0.25) is 0 Å². The second-order valence-electron chi connectivity index (χ2n) is 7.02. The largest absolute Gasteiger partial charge is 0.493 e. The van der Waals surface area contributed by atoms with Crippen molar-refractivity contribution >= 4 is 11.3 Å². The number of rotatable bonds is 10. The highest BCUT2D eigenvalue weighted by Crippen LogP contribution is 2.37. The normalized spacial score (nSPS) is 12.4. The quantitative estimate of drug-likeness (QED) is 0.515. The molecule has 0 amide bonds. The maximum Gasteiger partial charge on any atom is 0.419 e. The lowest BCUT2D eigenvalue weighted by molar-refractivity contribution is -0.139. The van der Waals surface area contributed by atoms with E-state index < -0.39 is 30.5 Å². The monoisotopic (exact) mass is 417 g/mol. The number of aliphatic hydroxyl groups excluding tert-OH is 2. The summed E-state index contributed by atoms with van der Waals surface area (Å²) in [6.07, 6.45) is -2.79. The van der Waals surface area contributed by atoms with Gasteiger partial charge in [-0.05, 0) is 67.3 Å². The number of thiophene rings is 1. The standard InChI is InChI=1S/C20H26F3NO3S/c1-14-9-16(11-28-14)3-2-8-27-18-5-4-15(10-17(18)20(21,22)23)6-7-19(24,12-25)13-26/h4-5,9-11,25-26H,2-3,6-8,12-13,24H2,1H3. The first-order valence-electron chi connectivity index (χ1n) is 9.04. The van der Waals surface area contributed by atoms with Crippen LogP contribution in [0.3, 0.4) is 0 Å². The van der Waals surface area contributed by atoms with Crippen molar-refractivity contribution in [1.82, 2.24) is 0 Å². The molecule has 8 heteroatoms. The van der Waals surface area contributed by atoms with E-state index in [1.165, 1.54) is 10.9 Å². The van der Waals surface area contributed by atoms with Crippen LogP contribution in [0.2, 0.25) is 0 Å². The highest BCUT2D eigenvalue weighted by molar-refractivity contribution is 7.10. The number of hydrogen-bond donors (Lipinski definition) is 3. The van der Waals surface area contributed by atoms with Crippen LogP contribution in [0.1, 0.15) is 34.4 Å². The molecule has 0 aliphatic carbocycles. The van der Waals surface area contributed by atoms with Crippen molar-refractivity contribution in [2.45, 2.75) is 44.3 Å². The van der Waals surface area contributed by atoms with Crippen molar-refractivity contribution in [3.63, 3.8) is 0 Å². The maximum absolute atomic E-state index is 13.4. The predicted molar refractivity (Wildman–Crippen MR) is 104 cm³/mol. The Morgan fingerprint density at radius 1 is 1.07 bits per heavy atom. The molecule has 0 unspecified atom stereocenters. The van der Waals surface area contributed by atoms with Gasteiger partial charge in [-0.15, -0.1) is 11.3 Å². The fourth-order valence-corrected chi connectivity index (χ4v) is 3.51. The number of alkyl halides is 3. The summed E-state index contributed by atoms with van der Waals surface area (Å²) in [6, 6.07) is 5.99. The molecule has 2 aromatic rings. The summed E-state index contributed by atoms with van der Waals surface area (Å²) in [6.45, 7) is 1.32. The zero-order chi connectivity index (χ0) is 20.8. The van der Waals surface area contributed by atoms with Crippen molar-refractivity contribution < 1.29 is 28.1 Å². The van der Waals surface area contributed by atoms with Crippen LogP contribution in [0.5, 0.6) is 5.75 Å². The Hall–Kier alpha value is -1.61. The number of halogens is 3. The van der Waals surface area contributed by atoms with Gasteiger partial charge in [-0.2, -0.15) is 13.2 Å². The lowest BCUT2D eigenvalue weighted by Crippen LogP contribution is -2.47. The predicted octanol–water partition coefficient (Wildman–Crippen LogP) is 3.70. The fourth-order valence-electron chi connectivity index (χ4n) is 2.77. The Labute approximate surface area is 166 Å². The molecule has 0 atom stereocenters. The molecule has 2 rings (SSSR count). The van der Waals surface area contributed by atoms with Crippen LogP contribution in [0.25, 0.3) is 0 Å². The molecule has 1 aromatic heterocycles. The SMILES string of the molecule is Cc1cc(CCCOc2ccc(CCC(N)(CO)CO)cc2C(F)(F)F)cs1. The van der Waals surface area contributed by atoms with E-state index in [0.29, 0.717) is 12.0 Å². The average Bonchev–Trinajstić information content (AvgIpc) is 3.08. The number of benzene rings is 1. The molecule has 0 fully saturated rings. The Kier molecular flexibility index (Phi) is 7.88. The summed E-state index contributed by atoms with van der Waals surface area (Å²) in [5.74, 6) is -0.193. The van der Waals surface area contributed by atoms with Crippen molar-refractivity contribution in [2.75, 3.05) is 19.8 Å². The van der Waals surface area contributed by atoms with E-state index in [1.54, 1.807) is 17.4 Å². The van der Waals surface area contributed by atoms with Crippen LogP contribution >= 0.6 is 11.3 Å². The van der Waals surface area contributed by atoms with E-state index >= 15 is 0 Å². The van der Waals surface area contributed by atoms with E-state index in [0.717, 1.165) is 18.1 Å². The van der Waals surface area contributed by atoms with Crippen LogP contribution in [0.15, 0.2) is 29.6 Å². The van der Waals surface area contributed by atoms with Gasteiger partial charge in [0.15, 0.2) is 0 Å². The van der Waals surface area contributed by atoms with Crippen LogP contribution in [-0.2, 0) is 19.0 Å². The second-order valence-corrected chi connectivity index (χ2v) is 8.14. The van der Waals surface area contributed by atoms with Gasteiger partial charge in [0, 0.05) is 4.88 Å². The summed E-state index contributed by atoms with van der Waals surface area (Å²) in [5, 5.41) is 20.5. The molecule has 0 saturated heterocycles. The first-order valence-corrected chi connectivity index (χ1v) is 9.92. The zero-order valence-electron chi connectivity index (χ0n) is 15.8. The van der Waals surface area contributed by atoms with Gasteiger partial charge in [-0.1, -0.05) is 6.07 Å². The van der Waals surface area contributed by atoms with E-state index in [1.807, 2.05) is 12.3 Å². The second kappa shape index (κ2) is 9.73. The molecule has 1 aromatic carbocycles. The van der Waals surface area contributed by atoms with Crippen molar-refractivity contribution in [2.24, 2.45) is 5.73 Å². The summed E-state index contributed by atoms with van der Waals surface area (Å²) < 4.78 is 45.7. The smallest absolute Gasteiger partial charge is 0.419 e. The average molecular weight is 417 g/mol. The number of ether oxygens (including phenoxy) is 1. The first-order chi connectivity index (χ1) is 13.2. The number of hydrogen-bond acceptors (Lipinski definition) is 5. The highest BCUT2D eigenvalue weighted by Gasteiger charge is 2.35. The third-order valence-corrected chi connectivity index (χ3v) is 5.45. The Balaban J connectivity index is 2.01. The molecule has 0 bridgehead atoms. The molecule has 0 saturated carbocycles. The summed E-state index contributed by atoms with van der Waals surface area (Å²) >= 11 is 1.65. The minimum Gasteiger partial charge on any atom is -0.493 e. The van der Waals surface area contributed by atoms with Gasteiger partial charge < -0.3 is 20.7 Å². The molecule has 1 heterocycles. The number of aliphatic hydroxyl groups is 2. The van der Waals surface area contributed by atoms with Crippen LogP contribution in [0.4, 0.5) is 13.2 Å². The Bertz CT molecular complexity index is 757. The van der Waals surface area contributed by atoms with E-state index in [2.05, 4.69) is 6.07 Å². The molecule has 0 aliphatic heterocycles. The maximum atomic E-state index is 13.4. The van der Waals surface area contributed by atoms with E-state index in [-0.39, 0.29) is 25.2 Å². The van der Waals surface area contributed by atoms with Gasteiger partial charge in [0.1, 0.15) is 5.75 Å². The minimum absolute atomic E-state index is 0.164. The highest BCUT2D eigenvalue weighted by atomic mass is 32.1. The van der Waals surface area contributed by atoms with Crippen LogP contribution < -0.4 is 10.5 Å². The molecule has 0 spiro atoms. The van der Waals surface area contributed by atoms with Gasteiger partial charge in [0.05, 0.1) is 30.9 Å². The van der Waals surface area contributed by atoms with Gasteiger partial charge in [0.25, 0.3) is 0 Å². The lowest BCUT2D eigenvalue weighted by Gasteiger charge is -2.24. The molecule has 156 valence electrons. The van der Waals surface area contributed by atoms with Gasteiger partial charge in [0.2, 0.25) is 0 Å². The lowest BCUT2D eigenvalue weighted by atomic mass is 9.93. The molecule has 4 N–H and O–H groups in total. The summed E-state index contributed by atoms with van der Waals surface area (Å²) in [7, 11) is 0. The van der Waals surface area contributed by atoms with E-state index in [4.69, 9.17) is 10.5 Å².